The highest BCUT2D eigenvalue weighted by Gasteiger charge is 2.04. The lowest BCUT2D eigenvalue weighted by Gasteiger charge is -2.08. The van der Waals surface area contributed by atoms with Gasteiger partial charge in [-0.3, -0.25) is 4.79 Å². The second kappa shape index (κ2) is 8.15. The fourth-order valence-corrected chi connectivity index (χ4v) is 2.03. The fraction of sp³-hybridized carbons (Fsp3) is 0.263. The lowest BCUT2D eigenvalue weighted by molar-refractivity contribution is -0.123. The summed E-state index contributed by atoms with van der Waals surface area (Å²) in [7, 11) is 1.62. The Morgan fingerprint density at radius 3 is 2.33 bits per heavy atom. The minimum Gasteiger partial charge on any atom is -0.497 e. The number of carbonyl (C=O) groups is 1. The molecule has 0 aliphatic heterocycles. The number of benzene rings is 2. The van der Waals surface area contributed by atoms with Gasteiger partial charge in [-0.15, -0.1) is 0 Å². The largest absolute Gasteiger partial charge is 0.497 e. The van der Waals surface area contributed by atoms with Crippen molar-refractivity contribution >= 4 is 11.6 Å². The summed E-state index contributed by atoms with van der Waals surface area (Å²) in [6, 6.07) is 13.2. The zero-order valence-corrected chi connectivity index (χ0v) is 14.4. The molecular formula is C19H22N2O3. The molecule has 0 unspecified atom stereocenters. The van der Waals surface area contributed by atoms with Gasteiger partial charge >= 0.3 is 0 Å². The summed E-state index contributed by atoms with van der Waals surface area (Å²) < 4.78 is 10.6. The summed E-state index contributed by atoms with van der Waals surface area (Å²) in [6.45, 7) is 5.78. The van der Waals surface area contributed by atoms with E-state index in [4.69, 9.17) is 9.47 Å². The van der Waals surface area contributed by atoms with E-state index in [0.717, 1.165) is 16.9 Å². The summed E-state index contributed by atoms with van der Waals surface area (Å²) in [6.07, 6.45) is 0. The number of hydrogen-bond acceptors (Lipinski definition) is 4. The normalized spacial score (nSPS) is 11.1. The van der Waals surface area contributed by atoms with Gasteiger partial charge in [0.1, 0.15) is 11.5 Å². The molecule has 0 aliphatic rings. The molecule has 24 heavy (non-hydrogen) atoms. The average Bonchev–Trinajstić information content (AvgIpc) is 2.60. The molecule has 1 N–H and O–H groups in total. The Kier molecular flexibility index (Phi) is 5.95. The topological polar surface area (TPSA) is 59.9 Å². The van der Waals surface area contributed by atoms with Gasteiger partial charge in [-0.2, -0.15) is 5.10 Å². The number of hydrogen-bond donors (Lipinski definition) is 1. The van der Waals surface area contributed by atoms with E-state index >= 15 is 0 Å². The zero-order valence-electron chi connectivity index (χ0n) is 14.4. The number of carbonyl (C=O) groups excluding carboxylic acids is 1. The molecule has 0 fully saturated rings. The summed E-state index contributed by atoms with van der Waals surface area (Å²) >= 11 is 0. The Labute approximate surface area is 142 Å². The summed E-state index contributed by atoms with van der Waals surface area (Å²) in [4.78, 5) is 11.8. The van der Waals surface area contributed by atoms with Crippen LogP contribution in [0, 0.1) is 13.8 Å². The van der Waals surface area contributed by atoms with Gasteiger partial charge in [0, 0.05) is 0 Å². The molecule has 0 heterocycles. The number of amides is 1. The molecule has 126 valence electrons. The standard InChI is InChI=1S/C19H22N2O3/c1-13-5-8-18(11-14(13)2)24-12-19(22)21-20-15(3)16-6-9-17(23-4)10-7-16/h5-11H,12H2,1-4H3,(H,21,22)/b20-15-. The molecule has 0 bridgehead atoms. The Morgan fingerprint density at radius 1 is 1.04 bits per heavy atom. The minimum absolute atomic E-state index is 0.0815. The van der Waals surface area contributed by atoms with Crippen molar-refractivity contribution in [2.75, 3.05) is 13.7 Å². The van der Waals surface area contributed by atoms with Gasteiger partial charge in [0.25, 0.3) is 5.91 Å². The summed E-state index contributed by atoms with van der Waals surface area (Å²) in [5.41, 5.74) is 6.43. The van der Waals surface area contributed by atoms with E-state index in [0.29, 0.717) is 11.5 Å². The molecule has 5 heteroatoms. The minimum atomic E-state index is -0.305. The monoisotopic (exact) mass is 326 g/mol. The second-order valence-electron chi connectivity index (χ2n) is 5.50. The third kappa shape index (κ3) is 4.84. The van der Waals surface area contributed by atoms with Crippen LogP contribution >= 0.6 is 0 Å². The molecule has 2 aromatic rings. The zero-order chi connectivity index (χ0) is 17.5. The lowest BCUT2D eigenvalue weighted by Crippen LogP contribution is -2.25. The Morgan fingerprint density at radius 2 is 1.71 bits per heavy atom. The maximum Gasteiger partial charge on any atom is 0.277 e. The van der Waals surface area contributed by atoms with Crippen LogP contribution in [0.1, 0.15) is 23.6 Å². The number of nitrogens with zero attached hydrogens (tertiary/aromatic N) is 1. The van der Waals surface area contributed by atoms with E-state index in [2.05, 4.69) is 10.5 Å². The van der Waals surface area contributed by atoms with Crippen molar-refractivity contribution in [3.8, 4) is 11.5 Å². The lowest BCUT2D eigenvalue weighted by atomic mass is 10.1. The molecule has 0 aromatic heterocycles. The Bertz CT molecular complexity index is 737. The van der Waals surface area contributed by atoms with E-state index < -0.39 is 0 Å². The van der Waals surface area contributed by atoms with Gasteiger partial charge in [0.2, 0.25) is 0 Å². The van der Waals surface area contributed by atoms with Crippen LogP contribution in [0.4, 0.5) is 0 Å². The van der Waals surface area contributed by atoms with Gasteiger partial charge in [-0.1, -0.05) is 6.07 Å². The molecule has 0 radical (unpaired) electrons. The van der Waals surface area contributed by atoms with E-state index in [1.54, 1.807) is 7.11 Å². The predicted octanol–water partition coefficient (Wildman–Crippen LogP) is 3.23. The van der Waals surface area contributed by atoms with Crippen LogP contribution in [0.15, 0.2) is 47.6 Å². The van der Waals surface area contributed by atoms with E-state index in [-0.39, 0.29) is 12.5 Å². The SMILES string of the molecule is COc1ccc(/C(C)=N\NC(=O)COc2ccc(C)c(C)c2)cc1. The van der Waals surface area contributed by atoms with Crippen LogP contribution in [0.25, 0.3) is 0 Å². The maximum absolute atomic E-state index is 11.8. The molecule has 0 spiro atoms. The first-order valence-electron chi connectivity index (χ1n) is 7.67. The number of hydrazone groups is 1. The first-order valence-corrected chi connectivity index (χ1v) is 7.67. The van der Waals surface area contributed by atoms with E-state index in [9.17, 15) is 4.79 Å². The highest BCUT2D eigenvalue weighted by atomic mass is 16.5. The van der Waals surface area contributed by atoms with Crippen molar-refractivity contribution in [3.05, 3.63) is 59.2 Å². The van der Waals surface area contributed by atoms with Crippen molar-refractivity contribution in [3.63, 3.8) is 0 Å². The molecule has 2 aromatic carbocycles. The van der Waals surface area contributed by atoms with Crippen molar-refractivity contribution in [1.82, 2.24) is 5.43 Å². The molecule has 0 atom stereocenters. The smallest absolute Gasteiger partial charge is 0.277 e. The van der Waals surface area contributed by atoms with Gasteiger partial charge in [0.15, 0.2) is 6.61 Å². The number of rotatable bonds is 6. The quantitative estimate of drug-likeness (QED) is 0.655. The number of aryl methyl sites for hydroxylation is 2. The molecule has 0 saturated carbocycles. The third-order valence-electron chi connectivity index (χ3n) is 3.70. The van der Waals surface area contributed by atoms with Crippen LogP contribution in [-0.2, 0) is 4.79 Å². The summed E-state index contributed by atoms with van der Waals surface area (Å²) in [5.74, 6) is 1.14. The second-order valence-corrected chi connectivity index (χ2v) is 5.50. The molecule has 5 nitrogen and oxygen atoms in total. The molecular weight excluding hydrogens is 304 g/mol. The number of ether oxygens (including phenoxy) is 2. The number of methoxy groups -OCH3 is 1. The van der Waals surface area contributed by atoms with Crippen LogP contribution in [0.2, 0.25) is 0 Å². The molecule has 0 saturated heterocycles. The third-order valence-corrected chi connectivity index (χ3v) is 3.70. The first-order chi connectivity index (χ1) is 11.5. The highest BCUT2D eigenvalue weighted by Crippen LogP contribution is 2.16. The molecule has 0 aliphatic carbocycles. The number of nitrogens with one attached hydrogen (secondary N) is 1. The Balaban J connectivity index is 1.87. The van der Waals surface area contributed by atoms with Gasteiger partial charge in [-0.25, -0.2) is 5.43 Å². The van der Waals surface area contributed by atoms with Gasteiger partial charge < -0.3 is 9.47 Å². The van der Waals surface area contributed by atoms with Crippen molar-refractivity contribution in [2.24, 2.45) is 5.10 Å². The van der Waals surface area contributed by atoms with Crippen LogP contribution in [0.3, 0.4) is 0 Å². The van der Waals surface area contributed by atoms with Gasteiger partial charge in [0.05, 0.1) is 12.8 Å². The fourth-order valence-electron chi connectivity index (χ4n) is 2.03. The van der Waals surface area contributed by atoms with E-state index in [1.165, 1.54) is 5.56 Å². The summed E-state index contributed by atoms with van der Waals surface area (Å²) in [5, 5.41) is 4.09. The van der Waals surface area contributed by atoms with E-state index in [1.807, 2.05) is 63.2 Å². The van der Waals surface area contributed by atoms with Gasteiger partial charge in [-0.05, 0) is 73.9 Å². The van der Waals surface area contributed by atoms with Crippen LogP contribution in [-0.4, -0.2) is 25.3 Å². The highest BCUT2D eigenvalue weighted by molar-refractivity contribution is 5.99. The van der Waals surface area contributed by atoms with Crippen LogP contribution in [0.5, 0.6) is 11.5 Å². The maximum atomic E-state index is 11.8. The van der Waals surface area contributed by atoms with Crippen LogP contribution < -0.4 is 14.9 Å². The average molecular weight is 326 g/mol. The first kappa shape index (κ1) is 17.5. The Hall–Kier alpha value is -2.82. The van der Waals surface area contributed by atoms with Crippen molar-refractivity contribution in [1.29, 1.82) is 0 Å². The van der Waals surface area contributed by atoms with Crippen molar-refractivity contribution in [2.45, 2.75) is 20.8 Å². The molecule has 1 amide bonds. The molecule has 2 rings (SSSR count). The predicted molar refractivity (Wildman–Crippen MR) is 94.8 cm³/mol. The van der Waals surface area contributed by atoms with Crippen molar-refractivity contribution < 1.29 is 14.3 Å².